The minimum atomic E-state index is -1.45. The zero-order chi connectivity index (χ0) is 13.2. The van der Waals surface area contributed by atoms with Crippen molar-refractivity contribution in [3.8, 4) is 0 Å². The number of rotatable bonds is 4. The predicted octanol–water partition coefficient (Wildman–Crippen LogP) is 1.88. The average Bonchev–Trinajstić information content (AvgIpc) is 2.64. The molecule has 0 radical (unpaired) electrons. The summed E-state index contributed by atoms with van der Waals surface area (Å²) in [6, 6.07) is 3.20. The van der Waals surface area contributed by atoms with Gasteiger partial charge in [-0.2, -0.15) is 0 Å². The molecule has 0 bridgehead atoms. The van der Waals surface area contributed by atoms with Gasteiger partial charge in [0.15, 0.2) is 0 Å². The fourth-order valence-corrected chi connectivity index (χ4v) is 1.23. The Hall–Kier alpha value is -1.78. The Morgan fingerprint density at radius 2 is 2.00 bits per heavy atom. The van der Waals surface area contributed by atoms with Gasteiger partial charge >= 0.3 is 5.97 Å². The maximum absolute atomic E-state index is 11.8. The Morgan fingerprint density at radius 1 is 1.41 bits per heavy atom. The fraction of sp³-hybridized carbons (Fsp3) is 0.500. The van der Waals surface area contributed by atoms with Gasteiger partial charge in [0.05, 0.1) is 6.04 Å². The molecule has 0 aromatic carbocycles. The summed E-state index contributed by atoms with van der Waals surface area (Å²) >= 11 is 0. The summed E-state index contributed by atoms with van der Waals surface area (Å²) in [5, 5.41) is 11.5. The van der Waals surface area contributed by atoms with Crippen molar-refractivity contribution < 1.29 is 19.1 Å². The Balaban J connectivity index is 2.73. The van der Waals surface area contributed by atoms with Crippen LogP contribution in [0.3, 0.4) is 0 Å². The molecule has 0 fully saturated rings. The van der Waals surface area contributed by atoms with Gasteiger partial charge in [-0.3, -0.25) is 9.59 Å². The maximum Gasteiger partial charge on any atom is 0.318 e. The van der Waals surface area contributed by atoms with Crippen LogP contribution in [0.25, 0.3) is 0 Å². The molecule has 1 rings (SSSR count). The molecule has 94 valence electrons. The highest BCUT2D eigenvalue weighted by molar-refractivity contribution is 6.01. The zero-order valence-corrected chi connectivity index (χ0v) is 10.4. The lowest BCUT2D eigenvalue weighted by Crippen LogP contribution is -2.43. The van der Waals surface area contributed by atoms with Crippen LogP contribution in [0.2, 0.25) is 0 Å². The van der Waals surface area contributed by atoms with Gasteiger partial charge in [-0.15, -0.1) is 0 Å². The van der Waals surface area contributed by atoms with Crippen molar-refractivity contribution in [1.82, 2.24) is 5.32 Å². The third kappa shape index (κ3) is 2.87. The molecule has 1 unspecified atom stereocenters. The molecule has 0 saturated heterocycles. The standard InChI is InChI=1S/C12H17NO4/c1-7-5-6-9(17-7)8(2)13-10(14)12(3,4)11(15)16/h5-6,8H,1-4H3,(H,13,14)(H,15,16). The second-order valence-corrected chi connectivity index (χ2v) is 4.57. The quantitative estimate of drug-likeness (QED) is 0.786. The fourth-order valence-electron chi connectivity index (χ4n) is 1.23. The second-order valence-electron chi connectivity index (χ2n) is 4.57. The Kier molecular flexibility index (Phi) is 3.60. The highest BCUT2D eigenvalue weighted by Crippen LogP contribution is 2.20. The van der Waals surface area contributed by atoms with Crippen LogP contribution in [0.5, 0.6) is 0 Å². The van der Waals surface area contributed by atoms with E-state index in [0.717, 1.165) is 5.76 Å². The maximum atomic E-state index is 11.8. The largest absolute Gasteiger partial charge is 0.480 e. The van der Waals surface area contributed by atoms with Crippen molar-refractivity contribution in [1.29, 1.82) is 0 Å². The van der Waals surface area contributed by atoms with E-state index in [1.165, 1.54) is 13.8 Å². The molecule has 1 amide bonds. The molecule has 0 aliphatic carbocycles. The van der Waals surface area contributed by atoms with E-state index in [2.05, 4.69) is 5.32 Å². The number of carbonyl (C=O) groups excluding carboxylic acids is 1. The van der Waals surface area contributed by atoms with E-state index in [-0.39, 0.29) is 6.04 Å². The van der Waals surface area contributed by atoms with Crippen molar-refractivity contribution >= 4 is 11.9 Å². The number of nitrogens with one attached hydrogen (secondary N) is 1. The van der Waals surface area contributed by atoms with E-state index in [0.29, 0.717) is 5.76 Å². The number of hydrogen-bond acceptors (Lipinski definition) is 3. The van der Waals surface area contributed by atoms with Gasteiger partial charge in [0.1, 0.15) is 16.9 Å². The number of hydrogen-bond donors (Lipinski definition) is 2. The molecule has 0 saturated carbocycles. The molecule has 0 aliphatic heterocycles. The lowest BCUT2D eigenvalue weighted by molar-refractivity contribution is -0.153. The highest BCUT2D eigenvalue weighted by Gasteiger charge is 2.36. The third-order valence-electron chi connectivity index (χ3n) is 2.64. The SMILES string of the molecule is Cc1ccc(C(C)NC(=O)C(C)(C)C(=O)O)o1. The van der Waals surface area contributed by atoms with Crippen LogP contribution in [0.4, 0.5) is 0 Å². The van der Waals surface area contributed by atoms with Crippen molar-refractivity contribution in [2.75, 3.05) is 0 Å². The normalized spacial score (nSPS) is 13.2. The minimum absolute atomic E-state index is 0.352. The van der Waals surface area contributed by atoms with Gasteiger partial charge in [-0.05, 0) is 39.8 Å². The van der Waals surface area contributed by atoms with Crippen molar-refractivity contribution in [3.05, 3.63) is 23.7 Å². The van der Waals surface area contributed by atoms with Crippen LogP contribution in [-0.4, -0.2) is 17.0 Å². The van der Waals surface area contributed by atoms with E-state index in [1.807, 2.05) is 0 Å². The first kappa shape index (κ1) is 13.3. The van der Waals surface area contributed by atoms with Crippen LogP contribution >= 0.6 is 0 Å². The summed E-state index contributed by atoms with van der Waals surface area (Å²) in [7, 11) is 0. The van der Waals surface area contributed by atoms with Crippen molar-refractivity contribution in [2.45, 2.75) is 33.7 Å². The molecule has 1 aromatic heterocycles. The topological polar surface area (TPSA) is 79.5 Å². The summed E-state index contributed by atoms with van der Waals surface area (Å²) in [4.78, 5) is 22.7. The summed E-state index contributed by atoms with van der Waals surface area (Å²) < 4.78 is 5.36. The van der Waals surface area contributed by atoms with Gasteiger partial charge in [0.2, 0.25) is 5.91 Å². The first-order valence-electron chi connectivity index (χ1n) is 5.36. The van der Waals surface area contributed by atoms with Crippen LogP contribution in [0.15, 0.2) is 16.5 Å². The lowest BCUT2D eigenvalue weighted by atomic mass is 9.92. The molecule has 1 heterocycles. The number of amides is 1. The number of carbonyl (C=O) groups is 2. The molecule has 17 heavy (non-hydrogen) atoms. The number of carboxylic acid groups (broad SMARTS) is 1. The first-order chi connectivity index (χ1) is 7.75. The van der Waals surface area contributed by atoms with E-state index in [4.69, 9.17) is 9.52 Å². The molecular weight excluding hydrogens is 222 g/mol. The average molecular weight is 239 g/mol. The number of carboxylic acids is 1. The van der Waals surface area contributed by atoms with Crippen LogP contribution in [-0.2, 0) is 9.59 Å². The van der Waals surface area contributed by atoms with Crippen LogP contribution in [0, 0.1) is 12.3 Å². The first-order valence-corrected chi connectivity index (χ1v) is 5.36. The Morgan fingerprint density at radius 3 is 2.41 bits per heavy atom. The summed E-state index contributed by atoms with van der Waals surface area (Å²) in [5.41, 5.74) is -1.45. The monoisotopic (exact) mass is 239 g/mol. The van der Waals surface area contributed by atoms with E-state index in [1.54, 1.807) is 26.0 Å². The molecule has 1 atom stereocenters. The number of furan rings is 1. The summed E-state index contributed by atoms with van der Waals surface area (Å²) in [5.74, 6) is -0.333. The minimum Gasteiger partial charge on any atom is -0.480 e. The number of aryl methyl sites for hydroxylation is 1. The van der Waals surface area contributed by atoms with E-state index >= 15 is 0 Å². The van der Waals surface area contributed by atoms with Gasteiger partial charge in [-0.1, -0.05) is 0 Å². The Bertz CT molecular complexity index is 433. The molecule has 5 nitrogen and oxygen atoms in total. The Labute approximate surface area is 99.8 Å². The second kappa shape index (κ2) is 4.61. The van der Waals surface area contributed by atoms with Gasteiger partial charge in [-0.25, -0.2) is 0 Å². The van der Waals surface area contributed by atoms with E-state index in [9.17, 15) is 9.59 Å². The molecular formula is C12H17NO4. The van der Waals surface area contributed by atoms with Crippen LogP contribution in [0.1, 0.15) is 38.3 Å². The molecule has 5 heteroatoms. The molecule has 2 N–H and O–H groups in total. The molecule has 0 spiro atoms. The van der Waals surface area contributed by atoms with Gasteiger partial charge < -0.3 is 14.8 Å². The smallest absolute Gasteiger partial charge is 0.318 e. The number of aliphatic carboxylic acids is 1. The van der Waals surface area contributed by atoms with Gasteiger partial charge in [0.25, 0.3) is 0 Å². The zero-order valence-electron chi connectivity index (χ0n) is 10.4. The van der Waals surface area contributed by atoms with Crippen molar-refractivity contribution in [2.24, 2.45) is 5.41 Å². The highest BCUT2D eigenvalue weighted by atomic mass is 16.4. The third-order valence-corrected chi connectivity index (χ3v) is 2.64. The lowest BCUT2D eigenvalue weighted by Gasteiger charge is -2.21. The van der Waals surface area contributed by atoms with E-state index < -0.39 is 17.3 Å². The molecule has 0 aliphatic rings. The van der Waals surface area contributed by atoms with Gasteiger partial charge in [0, 0.05) is 0 Å². The summed E-state index contributed by atoms with van der Waals surface area (Å²) in [6.45, 7) is 6.28. The molecule has 1 aromatic rings. The van der Waals surface area contributed by atoms with Crippen LogP contribution < -0.4 is 5.32 Å². The summed E-state index contributed by atoms with van der Waals surface area (Å²) in [6.07, 6.45) is 0. The van der Waals surface area contributed by atoms with Crippen molar-refractivity contribution in [3.63, 3.8) is 0 Å². The predicted molar refractivity (Wildman–Crippen MR) is 61.4 cm³/mol.